The Morgan fingerprint density at radius 3 is 2.67 bits per heavy atom. The van der Waals surface area contributed by atoms with Gasteiger partial charge in [-0.05, 0) is 21.8 Å². The second kappa shape index (κ2) is 7.53. The molecule has 18 heavy (non-hydrogen) atoms. The van der Waals surface area contributed by atoms with Gasteiger partial charge in [0.05, 0.1) is 23.9 Å². The number of aromatic nitrogens is 2. The SMILES string of the molecule is CCC(CC)C(O)CNc1ncc(Br)c(OC)n1. The lowest BCUT2D eigenvalue weighted by Gasteiger charge is -2.20. The van der Waals surface area contributed by atoms with E-state index in [0.717, 1.165) is 12.8 Å². The summed E-state index contributed by atoms with van der Waals surface area (Å²) in [6, 6.07) is 0. The van der Waals surface area contributed by atoms with Gasteiger partial charge in [-0.25, -0.2) is 4.98 Å². The first kappa shape index (κ1) is 15.2. The summed E-state index contributed by atoms with van der Waals surface area (Å²) in [6.45, 7) is 4.60. The number of nitrogens with zero attached hydrogens (tertiary/aromatic N) is 2. The van der Waals surface area contributed by atoms with E-state index in [2.05, 4.69) is 45.1 Å². The minimum absolute atomic E-state index is 0.301. The standard InChI is InChI=1S/C12H20BrN3O2/c1-4-8(5-2)10(17)7-15-12-14-6-9(13)11(16-12)18-3/h6,8,10,17H,4-5,7H2,1-3H3,(H,14,15,16). The highest BCUT2D eigenvalue weighted by Crippen LogP contribution is 2.22. The first-order valence-corrected chi connectivity index (χ1v) is 6.90. The maximum Gasteiger partial charge on any atom is 0.232 e. The summed E-state index contributed by atoms with van der Waals surface area (Å²) in [5.41, 5.74) is 0. The number of hydrogen-bond acceptors (Lipinski definition) is 5. The van der Waals surface area contributed by atoms with Crippen LogP contribution in [0.25, 0.3) is 0 Å². The van der Waals surface area contributed by atoms with Crippen molar-refractivity contribution in [2.24, 2.45) is 5.92 Å². The molecular formula is C12H20BrN3O2. The van der Waals surface area contributed by atoms with Crippen LogP contribution in [0, 0.1) is 5.92 Å². The fourth-order valence-electron chi connectivity index (χ4n) is 1.78. The molecule has 1 unspecified atom stereocenters. The number of nitrogens with one attached hydrogen (secondary N) is 1. The van der Waals surface area contributed by atoms with Gasteiger partial charge in [-0.1, -0.05) is 26.7 Å². The molecule has 102 valence electrons. The van der Waals surface area contributed by atoms with Gasteiger partial charge in [-0.2, -0.15) is 4.98 Å². The van der Waals surface area contributed by atoms with E-state index in [4.69, 9.17) is 4.74 Å². The number of anilines is 1. The summed E-state index contributed by atoms with van der Waals surface area (Å²) >= 11 is 3.29. The van der Waals surface area contributed by atoms with Crippen LogP contribution in [0.5, 0.6) is 5.88 Å². The fraction of sp³-hybridized carbons (Fsp3) is 0.667. The Kier molecular flexibility index (Phi) is 6.35. The molecule has 1 aromatic heterocycles. The molecular weight excluding hydrogens is 298 g/mol. The van der Waals surface area contributed by atoms with Gasteiger partial charge in [0.1, 0.15) is 0 Å². The zero-order valence-corrected chi connectivity index (χ0v) is 12.6. The Balaban J connectivity index is 2.58. The van der Waals surface area contributed by atoms with Crippen LogP contribution in [0.2, 0.25) is 0 Å². The summed E-state index contributed by atoms with van der Waals surface area (Å²) in [5.74, 6) is 1.24. The molecule has 6 heteroatoms. The first-order chi connectivity index (χ1) is 8.62. The number of aliphatic hydroxyl groups excluding tert-OH is 1. The number of ether oxygens (including phenoxy) is 1. The van der Waals surface area contributed by atoms with Crippen LogP contribution in [-0.4, -0.2) is 34.8 Å². The Hall–Kier alpha value is -0.880. The van der Waals surface area contributed by atoms with Crippen LogP contribution < -0.4 is 10.1 Å². The molecule has 0 aliphatic heterocycles. The van der Waals surface area contributed by atoms with Gasteiger partial charge in [-0.15, -0.1) is 0 Å². The van der Waals surface area contributed by atoms with E-state index >= 15 is 0 Å². The molecule has 0 aliphatic carbocycles. The average molecular weight is 318 g/mol. The zero-order chi connectivity index (χ0) is 13.5. The van der Waals surface area contributed by atoms with Crippen LogP contribution in [-0.2, 0) is 0 Å². The number of aliphatic hydroxyl groups is 1. The van der Waals surface area contributed by atoms with Crippen molar-refractivity contribution in [2.45, 2.75) is 32.8 Å². The Morgan fingerprint density at radius 2 is 2.11 bits per heavy atom. The molecule has 5 nitrogen and oxygen atoms in total. The molecule has 1 aromatic rings. The minimum atomic E-state index is -0.391. The summed E-state index contributed by atoms with van der Waals surface area (Å²) in [7, 11) is 1.55. The van der Waals surface area contributed by atoms with Crippen LogP contribution in [0.1, 0.15) is 26.7 Å². The van der Waals surface area contributed by atoms with Gasteiger partial charge < -0.3 is 15.2 Å². The molecule has 0 aromatic carbocycles. The van der Waals surface area contributed by atoms with E-state index in [1.165, 1.54) is 0 Å². The third-order valence-electron chi connectivity index (χ3n) is 2.97. The smallest absolute Gasteiger partial charge is 0.232 e. The van der Waals surface area contributed by atoms with Gasteiger partial charge in [0.2, 0.25) is 11.8 Å². The molecule has 0 spiro atoms. The highest BCUT2D eigenvalue weighted by atomic mass is 79.9. The number of halogens is 1. The minimum Gasteiger partial charge on any atom is -0.480 e. The molecule has 1 atom stereocenters. The van der Waals surface area contributed by atoms with Gasteiger partial charge in [-0.3, -0.25) is 0 Å². The monoisotopic (exact) mass is 317 g/mol. The van der Waals surface area contributed by atoms with Crippen LogP contribution in [0.15, 0.2) is 10.7 Å². The van der Waals surface area contributed by atoms with Crippen molar-refractivity contribution in [1.29, 1.82) is 0 Å². The van der Waals surface area contributed by atoms with E-state index in [1.807, 2.05) is 0 Å². The Morgan fingerprint density at radius 1 is 1.44 bits per heavy atom. The lowest BCUT2D eigenvalue weighted by Crippen LogP contribution is -2.28. The average Bonchev–Trinajstić information content (AvgIpc) is 2.39. The van der Waals surface area contributed by atoms with E-state index in [-0.39, 0.29) is 0 Å². The summed E-state index contributed by atoms with van der Waals surface area (Å²) in [5, 5.41) is 13.0. The quantitative estimate of drug-likeness (QED) is 0.808. The first-order valence-electron chi connectivity index (χ1n) is 6.10. The highest BCUT2D eigenvalue weighted by Gasteiger charge is 2.15. The number of rotatable bonds is 7. The van der Waals surface area contributed by atoms with Gasteiger partial charge in [0.25, 0.3) is 0 Å². The molecule has 2 N–H and O–H groups in total. The lowest BCUT2D eigenvalue weighted by molar-refractivity contribution is 0.114. The van der Waals surface area contributed by atoms with Crippen molar-refractivity contribution in [3.8, 4) is 5.88 Å². The van der Waals surface area contributed by atoms with Crippen molar-refractivity contribution >= 4 is 21.9 Å². The van der Waals surface area contributed by atoms with Crippen molar-refractivity contribution in [3.05, 3.63) is 10.7 Å². The van der Waals surface area contributed by atoms with Gasteiger partial charge in [0.15, 0.2) is 0 Å². The highest BCUT2D eigenvalue weighted by molar-refractivity contribution is 9.10. The normalized spacial score (nSPS) is 12.6. The predicted octanol–water partition coefficient (Wildman–Crippen LogP) is 2.46. The second-order valence-corrected chi connectivity index (χ2v) is 4.93. The second-order valence-electron chi connectivity index (χ2n) is 4.08. The molecule has 1 heterocycles. The van der Waals surface area contributed by atoms with Crippen LogP contribution >= 0.6 is 15.9 Å². The predicted molar refractivity (Wildman–Crippen MR) is 74.9 cm³/mol. The summed E-state index contributed by atoms with van der Waals surface area (Å²) in [4.78, 5) is 8.28. The van der Waals surface area contributed by atoms with Crippen molar-refractivity contribution in [2.75, 3.05) is 19.0 Å². The van der Waals surface area contributed by atoms with Crippen LogP contribution in [0.3, 0.4) is 0 Å². The summed E-state index contributed by atoms with van der Waals surface area (Å²) < 4.78 is 5.79. The number of hydrogen-bond donors (Lipinski definition) is 2. The third-order valence-corrected chi connectivity index (χ3v) is 3.51. The molecule has 0 amide bonds. The third kappa shape index (κ3) is 4.10. The molecule has 1 rings (SSSR count). The van der Waals surface area contributed by atoms with Crippen molar-refractivity contribution < 1.29 is 9.84 Å². The van der Waals surface area contributed by atoms with E-state index < -0.39 is 6.10 Å². The molecule has 0 aliphatic rings. The van der Waals surface area contributed by atoms with E-state index in [0.29, 0.717) is 28.8 Å². The topological polar surface area (TPSA) is 67.3 Å². The molecule has 0 bridgehead atoms. The zero-order valence-electron chi connectivity index (χ0n) is 11.0. The Bertz CT molecular complexity index is 372. The molecule has 0 saturated heterocycles. The van der Waals surface area contributed by atoms with Crippen molar-refractivity contribution in [3.63, 3.8) is 0 Å². The van der Waals surface area contributed by atoms with E-state index in [1.54, 1.807) is 13.3 Å². The number of methoxy groups -OCH3 is 1. The van der Waals surface area contributed by atoms with Gasteiger partial charge >= 0.3 is 0 Å². The maximum atomic E-state index is 9.99. The Labute approximate surface area is 116 Å². The molecule has 0 fully saturated rings. The maximum absolute atomic E-state index is 9.99. The van der Waals surface area contributed by atoms with Gasteiger partial charge in [0, 0.05) is 6.54 Å². The summed E-state index contributed by atoms with van der Waals surface area (Å²) in [6.07, 6.45) is 3.16. The lowest BCUT2D eigenvalue weighted by atomic mass is 9.97. The van der Waals surface area contributed by atoms with Crippen molar-refractivity contribution in [1.82, 2.24) is 9.97 Å². The molecule has 0 radical (unpaired) electrons. The fourth-order valence-corrected chi connectivity index (χ4v) is 2.13. The largest absolute Gasteiger partial charge is 0.480 e. The molecule has 0 saturated carbocycles. The van der Waals surface area contributed by atoms with E-state index in [9.17, 15) is 5.11 Å². The van der Waals surface area contributed by atoms with Crippen LogP contribution in [0.4, 0.5) is 5.95 Å².